The van der Waals surface area contributed by atoms with E-state index in [1.807, 2.05) is 0 Å². The quantitative estimate of drug-likeness (QED) is 0.589. The van der Waals surface area contributed by atoms with Gasteiger partial charge in [0, 0.05) is 6.04 Å². The van der Waals surface area contributed by atoms with Gasteiger partial charge in [0.25, 0.3) is 0 Å². The summed E-state index contributed by atoms with van der Waals surface area (Å²) in [6, 6.07) is 0.927. The number of nitrogens with zero attached hydrogens (tertiary/aromatic N) is 1. The van der Waals surface area contributed by atoms with E-state index in [0.717, 1.165) is 12.5 Å². The average Bonchev–Trinajstić information content (AvgIpc) is 1.97. The topological polar surface area (TPSA) is 3.24 Å². The van der Waals surface area contributed by atoms with Gasteiger partial charge in [-0.15, -0.1) is 0 Å². The Bertz CT molecular complexity index is 108. The maximum atomic E-state index is 3.89. The highest BCUT2D eigenvalue weighted by atomic mass is 15.2. The molecule has 1 fully saturated rings. The Morgan fingerprint density at radius 3 is 2.50 bits per heavy atom. The molecule has 0 saturated heterocycles. The van der Waals surface area contributed by atoms with Crippen molar-refractivity contribution in [3.8, 4) is 0 Å². The zero-order chi connectivity index (χ0) is 8.81. The lowest BCUT2D eigenvalue weighted by atomic mass is 9.91. The summed E-state index contributed by atoms with van der Waals surface area (Å²) in [6.07, 6.45) is 8.00. The second kappa shape index (κ2) is 5.58. The van der Waals surface area contributed by atoms with Gasteiger partial charge in [-0.3, -0.25) is 0 Å². The van der Waals surface area contributed by atoms with E-state index in [4.69, 9.17) is 0 Å². The van der Waals surface area contributed by atoms with Crippen LogP contribution in [-0.4, -0.2) is 24.0 Å². The summed E-state index contributed by atoms with van der Waals surface area (Å²) < 4.78 is 0. The van der Waals surface area contributed by atoms with Gasteiger partial charge in [0.15, 0.2) is 0 Å². The van der Waals surface area contributed by atoms with Crippen LogP contribution in [0.4, 0.5) is 0 Å². The van der Waals surface area contributed by atoms with Gasteiger partial charge in [-0.2, -0.15) is 0 Å². The first-order valence-electron chi connectivity index (χ1n) is 5.41. The monoisotopic (exact) mass is 168 g/mol. The molecule has 0 atom stereocenters. The molecule has 1 nitrogen and oxygen atoms in total. The van der Waals surface area contributed by atoms with Gasteiger partial charge in [-0.1, -0.05) is 26.7 Å². The van der Waals surface area contributed by atoms with Gasteiger partial charge in [-0.05, 0) is 38.8 Å². The zero-order valence-corrected chi connectivity index (χ0v) is 8.39. The van der Waals surface area contributed by atoms with Gasteiger partial charge in [0.1, 0.15) is 0 Å². The number of hydrogen-bond acceptors (Lipinski definition) is 1. The molecule has 1 saturated carbocycles. The third-order valence-corrected chi connectivity index (χ3v) is 2.80. The van der Waals surface area contributed by atoms with Gasteiger partial charge in [0.2, 0.25) is 0 Å². The third-order valence-electron chi connectivity index (χ3n) is 2.80. The number of unbranched alkanes of at least 4 members (excludes halogenated alkanes) is 1. The van der Waals surface area contributed by atoms with E-state index in [2.05, 4.69) is 18.7 Å². The molecule has 12 heavy (non-hydrogen) atoms. The van der Waals surface area contributed by atoms with Crippen LogP contribution >= 0.6 is 0 Å². The van der Waals surface area contributed by atoms with Crippen LogP contribution in [0, 0.1) is 6.92 Å². The molecule has 0 bridgehead atoms. The smallest absolute Gasteiger partial charge is 0.00952 e. The van der Waals surface area contributed by atoms with Gasteiger partial charge < -0.3 is 4.90 Å². The van der Waals surface area contributed by atoms with E-state index in [9.17, 15) is 0 Å². The van der Waals surface area contributed by atoms with E-state index in [-0.39, 0.29) is 0 Å². The van der Waals surface area contributed by atoms with Crippen LogP contribution in [0.25, 0.3) is 0 Å². The largest absolute Gasteiger partial charge is 0.300 e. The number of rotatable bonds is 6. The van der Waals surface area contributed by atoms with E-state index < -0.39 is 0 Å². The van der Waals surface area contributed by atoms with Crippen molar-refractivity contribution in [3.63, 3.8) is 0 Å². The lowest BCUT2D eigenvalue weighted by Crippen LogP contribution is -2.41. The first kappa shape index (κ1) is 10.0. The molecule has 1 rings (SSSR count). The maximum Gasteiger partial charge on any atom is 0.00952 e. The minimum absolute atomic E-state index is 0.927. The summed E-state index contributed by atoms with van der Waals surface area (Å²) in [5, 5.41) is 0. The van der Waals surface area contributed by atoms with Gasteiger partial charge in [0.05, 0.1) is 0 Å². The van der Waals surface area contributed by atoms with Crippen molar-refractivity contribution in [3.05, 3.63) is 6.92 Å². The first-order chi connectivity index (χ1) is 5.88. The highest BCUT2D eigenvalue weighted by Crippen LogP contribution is 2.24. The molecule has 1 radical (unpaired) electrons. The third kappa shape index (κ3) is 2.78. The highest BCUT2D eigenvalue weighted by Gasteiger charge is 2.23. The molecule has 0 heterocycles. The van der Waals surface area contributed by atoms with Crippen LogP contribution < -0.4 is 0 Å². The molecule has 0 aromatic carbocycles. The number of hydrogen-bond donors (Lipinski definition) is 0. The summed E-state index contributed by atoms with van der Waals surface area (Å²) in [5.41, 5.74) is 0. The lowest BCUT2D eigenvalue weighted by molar-refractivity contribution is 0.126. The average molecular weight is 168 g/mol. The van der Waals surface area contributed by atoms with Gasteiger partial charge in [-0.25, -0.2) is 0 Å². The van der Waals surface area contributed by atoms with Crippen molar-refractivity contribution in [2.75, 3.05) is 13.1 Å². The molecule has 0 aromatic heterocycles. The summed E-state index contributed by atoms with van der Waals surface area (Å²) >= 11 is 0. The summed E-state index contributed by atoms with van der Waals surface area (Å²) in [7, 11) is 0. The van der Waals surface area contributed by atoms with Crippen LogP contribution in [0.3, 0.4) is 0 Å². The first-order valence-corrected chi connectivity index (χ1v) is 5.41. The van der Waals surface area contributed by atoms with Crippen LogP contribution in [0.1, 0.15) is 45.4 Å². The second-order valence-electron chi connectivity index (χ2n) is 3.83. The summed E-state index contributed by atoms with van der Waals surface area (Å²) in [6.45, 7) is 8.74. The Morgan fingerprint density at radius 2 is 2.08 bits per heavy atom. The van der Waals surface area contributed by atoms with Crippen LogP contribution in [0.5, 0.6) is 0 Å². The van der Waals surface area contributed by atoms with Crippen LogP contribution in [0.15, 0.2) is 0 Å². The van der Waals surface area contributed by atoms with E-state index in [0.29, 0.717) is 0 Å². The Morgan fingerprint density at radius 1 is 1.33 bits per heavy atom. The van der Waals surface area contributed by atoms with Crippen molar-refractivity contribution < 1.29 is 0 Å². The molecule has 1 aliphatic carbocycles. The minimum Gasteiger partial charge on any atom is -0.300 e. The standard InChI is InChI=1S/C11H22N/c1-3-5-10-12(9-4-2)11-7-6-8-11/h11H,1,3-10H2,2H3. The van der Waals surface area contributed by atoms with Crippen molar-refractivity contribution in [2.45, 2.75) is 51.5 Å². The molecular formula is C11H22N. The Hall–Kier alpha value is -0.0400. The van der Waals surface area contributed by atoms with Gasteiger partial charge >= 0.3 is 0 Å². The SMILES string of the molecule is [CH2]CCCN(CCC)C1CCC1. The Kier molecular flexibility index (Phi) is 4.67. The maximum absolute atomic E-state index is 3.89. The van der Waals surface area contributed by atoms with Crippen LogP contribution in [-0.2, 0) is 0 Å². The zero-order valence-electron chi connectivity index (χ0n) is 8.39. The molecule has 71 valence electrons. The van der Waals surface area contributed by atoms with E-state index in [1.165, 1.54) is 45.2 Å². The molecule has 0 N–H and O–H groups in total. The van der Waals surface area contributed by atoms with E-state index >= 15 is 0 Å². The molecule has 0 aliphatic heterocycles. The van der Waals surface area contributed by atoms with Crippen molar-refractivity contribution in [1.82, 2.24) is 4.90 Å². The van der Waals surface area contributed by atoms with Crippen molar-refractivity contribution >= 4 is 0 Å². The molecule has 0 unspecified atom stereocenters. The lowest BCUT2D eigenvalue weighted by Gasteiger charge is -2.37. The highest BCUT2D eigenvalue weighted by molar-refractivity contribution is 4.79. The molecule has 0 aromatic rings. The predicted molar refractivity (Wildman–Crippen MR) is 54.1 cm³/mol. The van der Waals surface area contributed by atoms with Crippen molar-refractivity contribution in [2.24, 2.45) is 0 Å². The molecule has 1 heteroatoms. The summed E-state index contributed by atoms with van der Waals surface area (Å²) in [5.74, 6) is 0. The normalized spacial score (nSPS) is 18.2. The molecule has 1 aliphatic rings. The Balaban J connectivity index is 2.17. The molecule has 0 spiro atoms. The molecule has 0 amide bonds. The van der Waals surface area contributed by atoms with E-state index in [1.54, 1.807) is 0 Å². The molecular weight excluding hydrogens is 146 g/mol. The predicted octanol–water partition coefficient (Wildman–Crippen LogP) is 2.87. The van der Waals surface area contributed by atoms with Crippen molar-refractivity contribution in [1.29, 1.82) is 0 Å². The van der Waals surface area contributed by atoms with Crippen LogP contribution in [0.2, 0.25) is 0 Å². The second-order valence-corrected chi connectivity index (χ2v) is 3.83. The fourth-order valence-corrected chi connectivity index (χ4v) is 1.83. The fraction of sp³-hybridized carbons (Fsp3) is 0.909. The minimum atomic E-state index is 0.927. The Labute approximate surface area is 77.1 Å². The summed E-state index contributed by atoms with van der Waals surface area (Å²) in [4.78, 5) is 2.66. The fourth-order valence-electron chi connectivity index (χ4n) is 1.83.